The van der Waals surface area contributed by atoms with E-state index in [-0.39, 0.29) is 0 Å². The number of hydrogen-bond acceptors (Lipinski definition) is 2. The molecule has 0 unspecified atom stereocenters. The van der Waals surface area contributed by atoms with Gasteiger partial charge in [-0.2, -0.15) is 13.2 Å². The fourth-order valence-electron chi connectivity index (χ4n) is 1.66. The Morgan fingerprint density at radius 3 is 1.52 bits per heavy atom. The summed E-state index contributed by atoms with van der Waals surface area (Å²) in [5, 5.41) is 9.41. The van der Waals surface area contributed by atoms with Crippen molar-refractivity contribution in [2.45, 2.75) is 25.1 Å². The number of carbonyl (C=O) groups excluding carboxylic acids is 1. The molecular formula is C11H6F8O2. The van der Waals surface area contributed by atoms with E-state index in [2.05, 4.69) is 0 Å². The van der Waals surface area contributed by atoms with Crippen molar-refractivity contribution < 1.29 is 45.0 Å². The maximum atomic E-state index is 13.4. The first kappa shape index (κ1) is 17.3. The summed E-state index contributed by atoms with van der Waals surface area (Å²) in [6, 6.07) is 0. The van der Waals surface area contributed by atoms with Crippen LogP contribution >= 0.6 is 0 Å². The van der Waals surface area contributed by atoms with Crippen LogP contribution in [0.15, 0.2) is 0 Å². The molecule has 0 bridgehead atoms. The molecule has 0 saturated carbocycles. The van der Waals surface area contributed by atoms with Gasteiger partial charge in [0.05, 0.1) is 5.56 Å². The van der Waals surface area contributed by atoms with Gasteiger partial charge in [-0.25, -0.2) is 22.0 Å². The fourth-order valence-corrected chi connectivity index (χ4v) is 1.66. The molecule has 1 rings (SSSR count). The number of alkyl halides is 3. The predicted molar refractivity (Wildman–Crippen MR) is 51.5 cm³/mol. The molecule has 1 N–H and O–H groups in total. The highest BCUT2D eigenvalue weighted by molar-refractivity contribution is 5.77. The number of Topliss-reactive ketones (excluding diaryl/α,β-unsaturated/α-hetero) is 1. The second kappa shape index (κ2) is 5.24. The smallest absolute Gasteiger partial charge is 0.376 e. The molecule has 0 fully saturated rings. The van der Waals surface area contributed by atoms with Crippen LogP contribution in [-0.2, 0) is 10.4 Å². The fraction of sp³-hybridized carbons (Fsp3) is 0.364. The molecule has 1 aromatic rings. The molecular weight excluding hydrogens is 316 g/mol. The summed E-state index contributed by atoms with van der Waals surface area (Å²) in [7, 11) is 0. The molecule has 2 nitrogen and oxygen atoms in total. The quantitative estimate of drug-likeness (QED) is 0.527. The molecule has 1 aromatic carbocycles. The largest absolute Gasteiger partial charge is 0.422 e. The topological polar surface area (TPSA) is 37.3 Å². The zero-order valence-electron chi connectivity index (χ0n) is 10.1. The average Bonchev–Trinajstić information content (AvgIpc) is 2.32. The Balaban J connectivity index is 3.80. The van der Waals surface area contributed by atoms with Gasteiger partial charge in [0.2, 0.25) is 5.82 Å². The van der Waals surface area contributed by atoms with Crippen molar-refractivity contribution in [2.75, 3.05) is 0 Å². The van der Waals surface area contributed by atoms with Gasteiger partial charge in [-0.3, -0.25) is 4.79 Å². The van der Waals surface area contributed by atoms with E-state index in [9.17, 15) is 45.0 Å². The van der Waals surface area contributed by atoms with Crippen LogP contribution in [0.1, 0.15) is 18.9 Å². The van der Waals surface area contributed by atoms with E-state index in [0.29, 0.717) is 6.92 Å². The minimum Gasteiger partial charge on any atom is -0.376 e. The first-order valence-corrected chi connectivity index (χ1v) is 5.15. The van der Waals surface area contributed by atoms with Crippen LogP contribution < -0.4 is 0 Å². The van der Waals surface area contributed by atoms with Gasteiger partial charge in [-0.1, -0.05) is 0 Å². The van der Waals surface area contributed by atoms with Gasteiger partial charge in [-0.15, -0.1) is 0 Å². The SMILES string of the molecule is CC(=O)C[C@](O)(c1c(F)c(F)c(F)c(F)c1F)C(F)(F)F. The Labute approximate surface area is 112 Å². The zero-order valence-corrected chi connectivity index (χ0v) is 10.1. The number of aliphatic hydroxyl groups is 1. The summed E-state index contributed by atoms with van der Waals surface area (Å²) in [4.78, 5) is 10.8. The van der Waals surface area contributed by atoms with Gasteiger partial charge in [0, 0.05) is 6.42 Å². The van der Waals surface area contributed by atoms with Crippen LogP contribution in [0.2, 0.25) is 0 Å². The Hall–Kier alpha value is -1.71. The Morgan fingerprint density at radius 2 is 1.24 bits per heavy atom. The van der Waals surface area contributed by atoms with Crippen LogP contribution in [0.25, 0.3) is 0 Å². The molecule has 0 amide bonds. The number of halogens is 8. The molecule has 0 heterocycles. The van der Waals surface area contributed by atoms with Gasteiger partial charge >= 0.3 is 6.18 Å². The highest BCUT2D eigenvalue weighted by Crippen LogP contribution is 2.45. The molecule has 0 aliphatic rings. The van der Waals surface area contributed by atoms with Crippen LogP contribution in [0.3, 0.4) is 0 Å². The normalized spacial score (nSPS) is 15.0. The molecule has 0 aliphatic carbocycles. The third kappa shape index (κ3) is 2.71. The van der Waals surface area contributed by atoms with Crippen LogP contribution in [0.4, 0.5) is 35.1 Å². The average molecular weight is 322 g/mol. The highest BCUT2D eigenvalue weighted by Gasteiger charge is 2.59. The van der Waals surface area contributed by atoms with Crippen LogP contribution in [0.5, 0.6) is 0 Å². The van der Waals surface area contributed by atoms with E-state index >= 15 is 0 Å². The zero-order chi connectivity index (χ0) is 16.7. The number of benzene rings is 1. The number of hydrogen-bond donors (Lipinski definition) is 1. The predicted octanol–water partition coefficient (Wildman–Crippen LogP) is 3.11. The van der Waals surface area contributed by atoms with Crippen molar-refractivity contribution in [1.82, 2.24) is 0 Å². The second-order valence-corrected chi connectivity index (χ2v) is 4.18. The van der Waals surface area contributed by atoms with E-state index in [1.54, 1.807) is 0 Å². The van der Waals surface area contributed by atoms with E-state index < -0.39 is 58.6 Å². The summed E-state index contributed by atoms with van der Waals surface area (Å²) in [5.74, 6) is -15.1. The lowest BCUT2D eigenvalue weighted by Crippen LogP contribution is -2.45. The third-order valence-electron chi connectivity index (χ3n) is 2.60. The lowest BCUT2D eigenvalue weighted by atomic mass is 9.87. The van der Waals surface area contributed by atoms with Crippen LogP contribution in [0, 0.1) is 29.1 Å². The standard InChI is InChI=1S/C11H6F8O2/c1-3(20)2-10(21,11(17,18)19)4-5(12)7(14)9(16)8(15)6(4)13/h21H,2H2,1H3/t10-/m0/s1. The number of ketones is 1. The Bertz CT molecular complexity index is 566. The summed E-state index contributed by atoms with van der Waals surface area (Å²) >= 11 is 0. The van der Waals surface area contributed by atoms with E-state index in [1.807, 2.05) is 0 Å². The monoisotopic (exact) mass is 322 g/mol. The molecule has 0 aliphatic heterocycles. The summed E-state index contributed by atoms with van der Waals surface area (Å²) < 4.78 is 104. The van der Waals surface area contributed by atoms with Crippen LogP contribution in [-0.4, -0.2) is 17.1 Å². The molecule has 0 spiro atoms. The van der Waals surface area contributed by atoms with E-state index in [1.165, 1.54) is 0 Å². The lowest BCUT2D eigenvalue weighted by Gasteiger charge is -2.30. The number of carbonyl (C=O) groups is 1. The summed E-state index contributed by atoms with van der Waals surface area (Å²) in [6.07, 6.45) is -7.76. The second-order valence-electron chi connectivity index (χ2n) is 4.18. The van der Waals surface area contributed by atoms with Gasteiger partial charge < -0.3 is 5.11 Å². The van der Waals surface area contributed by atoms with E-state index in [4.69, 9.17) is 0 Å². The molecule has 0 radical (unpaired) electrons. The lowest BCUT2D eigenvalue weighted by molar-refractivity contribution is -0.269. The molecule has 118 valence electrons. The summed E-state index contributed by atoms with van der Waals surface area (Å²) in [5.41, 5.74) is -7.05. The van der Waals surface area contributed by atoms with Gasteiger partial charge in [0.15, 0.2) is 28.9 Å². The molecule has 10 heteroatoms. The molecule has 1 atom stereocenters. The summed E-state index contributed by atoms with van der Waals surface area (Å²) in [6.45, 7) is 0.544. The molecule has 0 aromatic heterocycles. The third-order valence-corrected chi connectivity index (χ3v) is 2.60. The minimum atomic E-state index is -5.85. The van der Waals surface area contributed by atoms with Crippen molar-refractivity contribution in [3.05, 3.63) is 34.6 Å². The Morgan fingerprint density at radius 1 is 0.905 bits per heavy atom. The van der Waals surface area contributed by atoms with E-state index in [0.717, 1.165) is 0 Å². The first-order chi connectivity index (χ1) is 9.34. The van der Waals surface area contributed by atoms with Crippen molar-refractivity contribution in [1.29, 1.82) is 0 Å². The molecule has 21 heavy (non-hydrogen) atoms. The first-order valence-electron chi connectivity index (χ1n) is 5.15. The number of rotatable bonds is 3. The van der Waals surface area contributed by atoms with Crippen molar-refractivity contribution >= 4 is 5.78 Å². The Kier molecular flexibility index (Phi) is 4.33. The molecule has 0 saturated heterocycles. The van der Waals surface area contributed by atoms with Crippen molar-refractivity contribution in [3.8, 4) is 0 Å². The van der Waals surface area contributed by atoms with Gasteiger partial charge in [-0.05, 0) is 6.92 Å². The van der Waals surface area contributed by atoms with Gasteiger partial charge in [0.1, 0.15) is 5.78 Å². The highest BCUT2D eigenvalue weighted by atomic mass is 19.4. The van der Waals surface area contributed by atoms with Crippen molar-refractivity contribution in [2.24, 2.45) is 0 Å². The minimum absolute atomic E-state index is 0.544. The van der Waals surface area contributed by atoms with Crippen molar-refractivity contribution in [3.63, 3.8) is 0 Å². The maximum Gasteiger partial charge on any atom is 0.422 e. The van der Waals surface area contributed by atoms with Gasteiger partial charge in [0.25, 0.3) is 0 Å². The maximum absolute atomic E-state index is 13.4.